The Morgan fingerprint density at radius 3 is 2.65 bits per heavy atom. The summed E-state index contributed by atoms with van der Waals surface area (Å²) in [6.45, 7) is 3.85. The van der Waals surface area contributed by atoms with Crippen LogP contribution in [-0.4, -0.2) is 32.5 Å². The second-order valence-electron chi connectivity index (χ2n) is 7.50. The molecule has 31 heavy (non-hydrogen) atoms. The van der Waals surface area contributed by atoms with Crippen LogP contribution in [-0.2, 0) is 4.79 Å². The van der Waals surface area contributed by atoms with Crippen LogP contribution in [0.15, 0.2) is 47.6 Å². The van der Waals surface area contributed by atoms with E-state index in [0.717, 1.165) is 24.0 Å². The monoisotopic (exact) mass is 439 g/mol. The van der Waals surface area contributed by atoms with Crippen molar-refractivity contribution in [3.8, 4) is 11.4 Å². The molecule has 1 saturated carbocycles. The van der Waals surface area contributed by atoms with Crippen molar-refractivity contribution in [2.24, 2.45) is 0 Å². The second-order valence-corrected chi connectivity index (χ2v) is 8.44. The van der Waals surface area contributed by atoms with Gasteiger partial charge in [0.1, 0.15) is 5.82 Å². The topological polar surface area (TPSA) is 88.9 Å². The van der Waals surface area contributed by atoms with Gasteiger partial charge in [0, 0.05) is 11.7 Å². The molecular weight excluding hydrogens is 417 g/mol. The van der Waals surface area contributed by atoms with Crippen LogP contribution >= 0.6 is 11.8 Å². The first kappa shape index (κ1) is 21.0. The lowest BCUT2D eigenvalue weighted by molar-refractivity contribution is -0.117. The molecule has 160 valence electrons. The van der Waals surface area contributed by atoms with Gasteiger partial charge >= 0.3 is 6.03 Å². The summed E-state index contributed by atoms with van der Waals surface area (Å²) in [7, 11) is 0. The first-order valence-corrected chi connectivity index (χ1v) is 10.9. The van der Waals surface area contributed by atoms with Crippen LogP contribution in [0, 0.1) is 19.7 Å². The van der Waals surface area contributed by atoms with Crippen molar-refractivity contribution in [2.45, 2.75) is 37.9 Å². The molecular formula is C22H22FN5O2S. The van der Waals surface area contributed by atoms with Gasteiger partial charge in [-0.15, -0.1) is 10.2 Å². The third-order valence-electron chi connectivity index (χ3n) is 4.91. The number of carbonyl (C=O) groups is 2. The number of aryl methyl sites for hydroxylation is 2. The highest BCUT2D eigenvalue weighted by Gasteiger charge is 2.31. The molecule has 3 amide bonds. The average molecular weight is 440 g/mol. The van der Waals surface area contributed by atoms with Crippen LogP contribution in [0.5, 0.6) is 0 Å². The van der Waals surface area contributed by atoms with Crippen molar-refractivity contribution in [3.05, 3.63) is 59.4 Å². The summed E-state index contributed by atoms with van der Waals surface area (Å²) in [4.78, 5) is 24.4. The molecule has 0 saturated heterocycles. The molecule has 4 rings (SSSR count). The molecule has 2 aromatic carbocycles. The van der Waals surface area contributed by atoms with E-state index in [9.17, 15) is 14.0 Å². The van der Waals surface area contributed by atoms with E-state index in [-0.39, 0.29) is 17.6 Å². The highest BCUT2D eigenvalue weighted by Crippen LogP contribution is 2.41. The summed E-state index contributed by atoms with van der Waals surface area (Å²) in [5.41, 5.74) is 3.03. The number of carbonyl (C=O) groups excluding carboxylic acids is 2. The molecule has 1 fully saturated rings. The van der Waals surface area contributed by atoms with Crippen molar-refractivity contribution in [1.29, 1.82) is 0 Å². The normalized spacial score (nSPS) is 13.1. The summed E-state index contributed by atoms with van der Waals surface area (Å²) in [6.07, 6.45) is 1.91. The van der Waals surface area contributed by atoms with Gasteiger partial charge in [0.25, 0.3) is 0 Å². The number of aromatic nitrogens is 3. The largest absolute Gasteiger partial charge is 0.325 e. The van der Waals surface area contributed by atoms with Gasteiger partial charge in [0.15, 0.2) is 11.0 Å². The zero-order valence-electron chi connectivity index (χ0n) is 17.2. The number of nitrogens with zero attached hydrogens (tertiary/aromatic N) is 3. The minimum Gasteiger partial charge on any atom is -0.307 e. The Bertz CT molecular complexity index is 1140. The smallest absolute Gasteiger partial charge is 0.307 e. The Kier molecular flexibility index (Phi) is 6.03. The Morgan fingerprint density at radius 2 is 1.94 bits per heavy atom. The SMILES string of the molecule is Cc1ccc(NC(=O)NC(=O)CSc2nnc(-c3ccccc3F)n2C2CC2)c(C)c1. The Balaban J connectivity index is 1.39. The van der Waals surface area contributed by atoms with E-state index in [2.05, 4.69) is 20.8 Å². The van der Waals surface area contributed by atoms with E-state index in [1.54, 1.807) is 24.3 Å². The highest BCUT2D eigenvalue weighted by molar-refractivity contribution is 7.99. The van der Waals surface area contributed by atoms with Crippen LogP contribution in [0.4, 0.5) is 14.9 Å². The minimum absolute atomic E-state index is 0.0115. The van der Waals surface area contributed by atoms with Gasteiger partial charge in [-0.25, -0.2) is 9.18 Å². The molecule has 0 bridgehead atoms. The van der Waals surface area contributed by atoms with Gasteiger partial charge in [0.2, 0.25) is 5.91 Å². The molecule has 0 spiro atoms. The van der Waals surface area contributed by atoms with Crippen molar-refractivity contribution in [1.82, 2.24) is 20.1 Å². The summed E-state index contributed by atoms with van der Waals surface area (Å²) >= 11 is 1.17. The van der Waals surface area contributed by atoms with Gasteiger partial charge in [-0.2, -0.15) is 0 Å². The molecule has 1 aliphatic rings. The van der Waals surface area contributed by atoms with E-state index in [1.165, 1.54) is 17.8 Å². The van der Waals surface area contributed by atoms with Gasteiger partial charge < -0.3 is 5.32 Å². The van der Waals surface area contributed by atoms with Crippen LogP contribution in [0.1, 0.15) is 30.0 Å². The van der Waals surface area contributed by atoms with Gasteiger partial charge in [-0.1, -0.05) is 41.6 Å². The molecule has 7 nitrogen and oxygen atoms in total. The van der Waals surface area contributed by atoms with E-state index in [4.69, 9.17) is 0 Å². The van der Waals surface area contributed by atoms with Crippen LogP contribution in [0.3, 0.4) is 0 Å². The molecule has 0 unspecified atom stereocenters. The Hall–Kier alpha value is -3.20. The van der Waals surface area contributed by atoms with E-state index < -0.39 is 11.9 Å². The zero-order chi connectivity index (χ0) is 22.0. The maximum atomic E-state index is 14.2. The number of thioether (sulfide) groups is 1. The molecule has 1 aliphatic carbocycles. The summed E-state index contributed by atoms with van der Waals surface area (Å²) in [6, 6.07) is 11.7. The first-order valence-electron chi connectivity index (χ1n) is 9.93. The Morgan fingerprint density at radius 1 is 1.16 bits per heavy atom. The average Bonchev–Trinajstić information content (AvgIpc) is 3.48. The fraction of sp³-hybridized carbons (Fsp3) is 0.273. The van der Waals surface area contributed by atoms with Crippen molar-refractivity contribution < 1.29 is 14.0 Å². The zero-order valence-corrected chi connectivity index (χ0v) is 18.0. The number of benzene rings is 2. The fourth-order valence-corrected chi connectivity index (χ4v) is 4.07. The number of anilines is 1. The molecule has 2 N–H and O–H groups in total. The highest BCUT2D eigenvalue weighted by atomic mass is 32.2. The van der Waals surface area contributed by atoms with E-state index in [0.29, 0.717) is 22.2 Å². The van der Waals surface area contributed by atoms with E-state index in [1.807, 2.05) is 30.5 Å². The lowest BCUT2D eigenvalue weighted by Gasteiger charge is -2.11. The Labute approximate surface area is 183 Å². The van der Waals surface area contributed by atoms with Crippen molar-refractivity contribution in [2.75, 3.05) is 11.1 Å². The standard InChI is InChI=1S/C22H22FN5O2S/c1-13-7-10-18(14(2)11-13)24-21(30)25-19(29)12-31-22-27-26-20(28(22)15-8-9-15)16-5-3-4-6-17(16)23/h3-7,10-11,15H,8-9,12H2,1-2H3,(H2,24,25,29,30). The lowest BCUT2D eigenvalue weighted by Crippen LogP contribution is -2.35. The predicted octanol–water partition coefficient (Wildman–Crippen LogP) is 4.48. The third-order valence-corrected chi connectivity index (χ3v) is 5.85. The molecule has 3 aromatic rings. The van der Waals surface area contributed by atoms with Crippen molar-refractivity contribution >= 4 is 29.4 Å². The molecule has 1 heterocycles. The molecule has 0 radical (unpaired) electrons. The predicted molar refractivity (Wildman–Crippen MR) is 117 cm³/mol. The maximum Gasteiger partial charge on any atom is 0.325 e. The maximum absolute atomic E-state index is 14.2. The number of rotatable bonds is 6. The summed E-state index contributed by atoms with van der Waals surface area (Å²) in [5, 5.41) is 13.9. The number of imide groups is 1. The number of nitrogens with one attached hydrogen (secondary N) is 2. The summed E-state index contributed by atoms with van der Waals surface area (Å²) in [5.74, 6) is -0.377. The number of halogens is 1. The van der Waals surface area contributed by atoms with Crippen LogP contribution < -0.4 is 10.6 Å². The molecule has 0 aliphatic heterocycles. The number of hydrogen-bond acceptors (Lipinski definition) is 5. The fourth-order valence-electron chi connectivity index (χ4n) is 3.26. The lowest BCUT2D eigenvalue weighted by atomic mass is 10.1. The number of urea groups is 1. The van der Waals surface area contributed by atoms with Crippen molar-refractivity contribution in [3.63, 3.8) is 0 Å². The summed E-state index contributed by atoms with van der Waals surface area (Å²) < 4.78 is 16.1. The van der Waals surface area contributed by atoms with Gasteiger partial charge in [-0.3, -0.25) is 14.7 Å². The van der Waals surface area contributed by atoms with E-state index >= 15 is 0 Å². The third kappa shape index (κ3) is 4.93. The molecule has 1 aromatic heterocycles. The second kappa shape index (κ2) is 8.89. The minimum atomic E-state index is -0.590. The van der Waals surface area contributed by atoms with Crippen LogP contribution in [0.25, 0.3) is 11.4 Å². The molecule has 0 atom stereocenters. The van der Waals surface area contributed by atoms with Gasteiger partial charge in [0.05, 0.1) is 11.3 Å². The molecule has 9 heteroatoms. The van der Waals surface area contributed by atoms with Gasteiger partial charge in [-0.05, 0) is 50.5 Å². The van der Waals surface area contributed by atoms with Crippen LogP contribution in [0.2, 0.25) is 0 Å². The number of hydrogen-bond donors (Lipinski definition) is 2. The number of amides is 3. The first-order chi connectivity index (χ1) is 14.9. The quantitative estimate of drug-likeness (QED) is 0.553.